The zero-order chi connectivity index (χ0) is 14.6. The maximum Gasteiger partial charge on any atom is 0.150 e. The normalized spacial score (nSPS) is 22.6. The van der Waals surface area contributed by atoms with Crippen LogP contribution in [-0.4, -0.2) is 38.6 Å². The highest BCUT2D eigenvalue weighted by Gasteiger charge is 2.35. The van der Waals surface area contributed by atoms with Crippen molar-refractivity contribution in [2.75, 3.05) is 25.2 Å². The van der Waals surface area contributed by atoms with Crippen molar-refractivity contribution in [1.82, 2.24) is 10.3 Å². The van der Waals surface area contributed by atoms with Gasteiger partial charge in [-0.25, -0.2) is 8.42 Å². The first-order chi connectivity index (χ1) is 9.57. The van der Waals surface area contributed by atoms with Crippen LogP contribution in [-0.2, 0) is 9.84 Å². The number of aromatic nitrogens is 1. The summed E-state index contributed by atoms with van der Waals surface area (Å²) in [6.45, 7) is 2.92. The quantitative estimate of drug-likeness (QED) is 0.863. The molecule has 0 aromatic carbocycles. The lowest BCUT2D eigenvalue weighted by atomic mass is 9.95. The Balaban J connectivity index is 2.27. The van der Waals surface area contributed by atoms with Crippen molar-refractivity contribution in [2.45, 2.75) is 25.8 Å². The molecule has 112 valence electrons. The standard InChI is InChI=1S/C14H22N2O3S/c1-3-7-15-13(11-6-9-20(17,18)10-11)14-12(19-2)5-4-8-16-14/h4-5,8,11,13,15H,3,6-7,9-10H2,1-2H3. The average molecular weight is 298 g/mol. The maximum absolute atomic E-state index is 11.7. The molecule has 0 saturated carbocycles. The Labute approximate surface area is 120 Å². The van der Waals surface area contributed by atoms with Gasteiger partial charge in [-0.15, -0.1) is 0 Å². The number of methoxy groups -OCH3 is 1. The minimum absolute atomic E-state index is 0.0651. The number of hydrogen-bond donors (Lipinski definition) is 1. The minimum Gasteiger partial charge on any atom is -0.495 e. The molecule has 1 N–H and O–H groups in total. The average Bonchev–Trinajstić information content (AvgIpc) is 2.80. The van der Waals surface area contributed by atoms with Crippen molar-refractivity contribution >= 4 is 9.84 Å². The van der Waals surface area contributed by atoms with Gasteiger partial charge in [0.05, 0.1) is 30.4 Å². The zero-order valence-corrected chi connectivity index (χ0v) is 12.8. The van der Waals surface area contributed by atoms with E-state index in [0.717, 1.165) is 18.7 Å². The summed E-state index contributed by atoms with van der Waals surface area (Å²) in [5.41, 5.74) is 0.811. The summed E-state index contributed by atoms with van der Waals surface area (Å²) in [5.74, 6) is 1.28. The van der Waals surface area contributed by atoms with Gasteiger partial charge in [0.25, 0.3) is 0 Å². The van der Waals surface area contributed by atoms with Gasteiger partial charge in [-0.3, -0.25) is 4.98 Å². The van der Waals surface area contributed by atoms with Crippen LogP contribution in [0.5, 0.6) is 5.75 Å². The van der Waals surface area contributed by atoms with Crippen LogP contribution < -0.4 is 10.1 Å². The van der Waals surface area contributed by atoms with E-state index in [9.17, 15) is 8.42 Å². The summed E-state index contributed by atoms with van der Waals surface area (Å²) in [7, 11) is -1.29. The van der Waals surface area contributed by atoms with Crippen molar-refractivity contribution in [3.63, 3.8) is 0 Å². The van der Waals surface area contributed by atoms with Crippen LogP contribution in [0.25, 0.3) is 0 Å². The van der Waals surface area contributed by atoms with Gasteiger partial charge < -0.3 is 10.1 Å². The van der Waals surface area contributed by atoms with Crippen LogP contribution in [0.4, 0.5) is 0 Å². The maximum atomic E-state index is 11.7. The monoisotopic (exact) mass is 298 g/mol. The van der Waals surface area contributed by atoms with Gasteiger partial charge in [0.15, 0.2) is 9.84 Å². The Morgan fingerprint density at radius 2 is 2.35 bits per heavy atom. The number of ether oxygens (including phenoxy) is 1. The van der Waals surface area contributed by atoms with E-state index in [1.54, 1.807) is 13.3 Å². The molecule has 2 atom stereocenters. The lowest BCUT2D eigenvalue weighted by Gasteiger charge is -2.24. The van der Waals surface area contributed by atoms with Crippen molar-refractivity contribution in [2.24, 2.45) is 5.92 Å². The van der Waals surface area contributed by atoms with E-state index < -0.39 is 9.84 Å². The highest BCUT2D eigenvalue weighted by atomic mass is 32.2. The highest BCUT2D eigenvalue weighted by Crippen LogP contribution is 2.34. The van der Waals surface area contributed by atoms with E-state index >= 15 is 0 Å². The fourth-order valence-electron chi connectivity index (χ4n) is 2.68. The molecule has 0 spiro atoms. The molecule has 2 heterocycles. The van der Waals surface area contributed by atoms with Gasteiger partial charge in [0.2, 0.25) is 0 Å². The number of nitrogens with one attached hydrogen (secondary N) is 1. The molecule has 5 nitrogen and oxygen atoms in total. The summed E-state index contributed by atoms with van der Waals surface area (Å²) in [6.07, 6.45) is 3.40. The predicted molar refractivity (Wildman–Crippen MR) is 78.6 cm³/mol. The van der Waals surface area contributed by atoms with Gasteiger partial charge in [-0.1, -0.05) is 6.92 Å². The second kappa shape index (κ2) is 6.54. The van der Waals surface area contributed by atoms with E-state index in [-0.39, 0.29) is 23.5 Å². The predicted octanol–water partition coefficient (Wildman–Crippen LogP) is 1.57. The lowest BCUT2D eigenvalue weighted by Crippen LogP contribution is -2.31. The number of sulfone groups is 1. The summed E-state index contributed by atoms with van der Waals surface area (Å²) in [6, 6.07) is 3.63. The molecule has 1 aromatic rings. The SMILES string of the molecule is CCCNC(c1ncccc1OC)C1CCS(=O)(=O)C1. The third-order valence-electron chi connectivity index (χ3n) is 3.67. The van der Waals surface area contributed by atoms with E-state index in [4.69, 9.17) is 4.74 Å². The zero-order valence-electron chi connectivity index (χ0n) is 12.0. The second-order valence-corrected chi connectivity index (χ2v) is 7.41. The second-order valence-electron chi connectivity index (χ2n) is 5.19. The van der Waals surface area contributed by atoms with Gasteiger partial charge in [-0.2, -0.15) is 0 Å². The summed E-state index contributed by atoms with van der Waals surface area (Å²) < 4.78 is 28.8. The summed E-state index contributed by atoms with van der Waals surface area (Å²) in [5, 5.41) is 3.43. The molecule has 0 bridgehead atoms. The number of nitrogens with zero attached hydrogens (tertiary/aromatic N) is 1. The smallest absolute Gasteiger partial charge is 0.150 e. The number of hydrogen-bond acceptors (Lipinski definition) is 5. The molecule has 1 aliphatic heterocycles. The number of rotatable bonds is 6. The fraction of sp³-hybridized carbons (Fsp3) is 0.643. The highest BCUT2D eigenvalue weighted by molar-refractivity contribution is 7.91. The van der Waals surface area contributed by atoms with Crippen molar-refractivity contribution < 1.29 is 13.2 Å². The lowest BCUT2D eigenvalue weighted by molar-refractivity contribution is 0.352. The molecule has 1 fully saturated rings. The molecular formula is C14H22N2O3S. The van der Waals surface area contributed by atoms with Crippen LogP contribution in [0.15, 0.2) is 18.3 Å². The molecule has 0 radical (unpaired) electrons. The van der Waals surface area contributed by atoms with Crippen LogP contribution in [0, 0.1) is 5.92 Å². The molecule has 1 saturated heterocycles. The van der Waals surface area contributed by atoms with Gasteiger partial charge in [0.1, 0.15) is 5.75 Å². The number of pyridine rings is 1. The molecule has 2 rings (SSSR count). The Hall–Kier alpha value is -1.14. The third kappa shape index (κ3) is 3.49. The van der Waals surface area contributed by atoms with Crippen LogP contribution >= 0.6 is 0 Å². The summed E-state index contributed by atoms with van der Waals surface area (Å²) >= 11 is 0. The van der Waals surface area contributed by atoms with Gasteiger partial charge in [0, 0.05) is 6.20 Å². The Kier molecular flexibility index (Phi) is 4.99. The third-order valence-corrected chi connectivity index (χ3v) is 5.46. The van der Waals surface area contributed by atoms with Crippen LogP contribution in [0.1, 0.15) is 31.5 Å². The Bertz CT molecular complexity index is 545. The Morgan fingerprint density at radius 3 is 2.95 bits per heavy atom. The molecule has 6 heteroatoms. The molecule has 20 heavy (non-hydrogen) atoms. The largest absolute Gasteiger partial charge is 0.495 e. The van der Waals surface area contributed by atoms with Crippen molar-refractivity contribution in [3.05, 3.63) is 24.0 Å². The fourth-order valence-corrected chi connectivity index (χ4v) is 4.52. The van der Waals surface area contributed by atoms with Crippen LogP contribution in [0.3, 0.4) is 0 Å². The van der Waals surface area contributed by atoms with E-state index in [1.807, 2.05) is 12.1 Å². The van der Waals surface area contributed by atoms with Crippen molar-refractivity contribution in [1.29, 1.82) is 0 Å². The van der Waals surface area contributed by atoms with E-state index in [0.29, 0.717) is 12.2 Å². The molecular weight excluding hydrogens is 276 g/mol. The summed E-state index contributed by atoms with van der Waals surface area (Å²) in [4.78, 5) is 4.41. The van der Waals surface area contributed by atoms with Crippen molar-refractivity contribution in [3.8, 4) is 5.75 Å². The topological polar surface area (TPSA) is 68.3 Å². The Morgan fingerprint density at radius 1 is 1.55 bits per heavy atom. The molecule has 0 amide bonds. The first-order valence-electron chi connectivity index (χ1n) is 7.00. The molecule has 1 aliphatic rings. The first kappa shape index (κ1) is 15.3. The van der Waals surface area contributed by atoms with E-state index in [2.05, 4.69) is 17.2 Å². The first-order valence-corrected chi connectivity index (χ1v) is 8.82. The van der Waals surface area contributed by atoms with Crippen LogP contribution in [0.2, 0.25) is 0 Å². The minimum atomic E-state index is -2.90. The van der Waals surface area contributed by atoms with Gasteiger partial charge >= 0.3 is 0 Å². The van der Waals surface area contributed by atoms with Gasteiger partial charge in [-0.05, 0) is 37.4 Å². The molecule has 2 unspecified atom stereocenters. The molecule has 0 aliphatic carbocycles. The molecule has 1 aromatic heterocycles. The van der Waals surface area contributed by atoms with E-state index in [1.165, 1.54) is 0 Å².